The summed E-state index contributed by atoms with van der Waals surface area (Å²) in [5, 5.41) is 3.05. The Bertz CT molecular complexity index is 811. The standard InChI is InChI=1S/C18H17N3O2/c1-11-12(2)21-17-16(20-11)15(22)10-14(18(17)23)19-9-8-13-6-4-3-5-7-13/h3-7,10,19H,8-9H2,1-2H3. The highest BCUT2D eigenvalue weighted by molar-refractivity contribution is 6.22. The number of carbonyl (C=O) groups excluding carboxylic acids is 2. The molecule has 0 amide bonds. The second kappa shape index (κ2) is 6.12. The number of carbonyl (C=O) groups is 2. The van der Waals surface area contributed by atoms with E-state index in [4.69, 9.17) is 0 Å². The van der Waals surface area contributed by atoms with Crippen LogP contribution in [0.25, 0.3) is 0 Å². The highest BCUT2D eigenvalue weighted by Crippen LogP contribution is 2.18. The number of aromatic nitrogens is 2. The predicted octanol–water partition coefficient (Wildman–Crippen LogP) is 2.19. The van der Waals surface area contributed by atoms with Crippen LogP contribution in [-0.2, 0) is 6.42 Å². The van der Waals surface area contributed by atoms with Crippen molar-refractivity contribution >= 4 is 11.6 Å². The van der Waals surface area contributed by atoms with E-state index < -0.39 is 0 Å². The molecule has 23 heavy (non-hydrogen) atoms. The molecule has 1 heterocycles. The summed E-state index contributed by atoms with van der Waals surface area (Å²) in [4.78, 5) is 33.1. The highest BCUT2D eigenvalue weighted by Gasteiger charge is 2.29. The second-order valence-corrected chi connectivity index (χ2v) is 5.51. The molecule has 116 valence electrons. The Morgan fingerprint density at radius 1 is 0.957 bits per heavy atom. The maximum absolute atomic E-state index is 12.5. The van der Waals surface area contributed by atoms with Gasteiger partial charge in [0.1, 0.15) is 11.4 Å². The molecule has 5 heteroatoms. The number of allylic oxidation sites excluding steroid dienone is 2. The minimum absolute atomic E-state index is 0.141. The van der Waals surface area contributed by atoms with Crippen molar-refractivity contribution in [3.8, 4) is 0 Å². The van der Waals surface area contributed by atoms with Gasteiger partial charge in [0.05, 0.1) is 17.1 Å². The van der Waals surface area contributed by atoms with Crippen LogP contribution in [0.4, 0.5) is 0 Å². The molecule has 1 aliphatic carbocycles. The topological polar surface area (TPSA) is 72.0 Å². The van der Waals surface area contributed by atoms with Crippen LogP contribution in [0.2, 0.25) is 0 Å². The van der Waals surface area contributed by atoms with Crippen molar-refractivity contribution in [1.82, 2.24) is 15.3 Å². The summed E-state index contributed by atoms with van der Waals surface area (Å²) in [6.45, 7) is 4.13. The smallest absolute Gasteiger partial charge is 0.229 e. The van der Waals surface area contributed by atoms with Crippen LogP contribution in [0.5, 0.6) is 0 Å². The van der Waals surface area contributed by atoms with E-state index in [1.165, 1.54) is 11.6 Å². The molecule has 1 aromatic heterocycles. The van der Waals surface area contributed by atoms with Crippen molar-refractivity contribution in [3.05, 3.63) is 70.4 Å². The molecule has 1 aromatic carbocycles. The third kappa shape index (κ3) is 3.04. The number of ketones is 2. The number of rotatable bonds is 4. The van der Waals surface area contributed by atoms with Gasteiger partial charge in [-0.25, -0.2) is 9.97 Å². The summed E-state index contributed by atoms with van der Waals surface area (Å²) in [5.41, 5.74) is 3.07. The molecule has 0 bridgehead atoms. The lowest BCUT2D eigenvalue weighted by Crippen LogP contribution is -2.30. The van der Waals surface area contributed by atoms with Crippen molar-refractivity contribution in [2.75, 3.05) is 6.54 Å². The number of Topliss-reactive ketones (excluding diaryl/α,β-unsaturated/α-hetero) is 1. The molecule has 1 aliphatic rings. The van der Waals surface area contributed by atoms with Gasteiger partial charge in [-0.05, 0) is 25.8 Å². The minimum Gasteiger partial charge on any atom is -0.381 e. The van der Waals surface area contributed by atoms with Gasteiger partial charge in [-0.15, -0.1) is 0 Å². The molecule has 0 unspecified atom stereocenters. The van der Waals surface area contributed by atoms with E-state index in [2.05, 4.69) is 15.3 Å². The third-order valence-corrected chi connectivity index (χ3v) is 3.85. The molecule has 3 rings (SSSR count). The number of nitrogens with zero attached hydrogens (tertiary/aromatic N) is 2. The highest BCUT2D eigenvalue weighted by atomic mass is 16.1. The fraction of sp³-hybridized carbons (Fsp3) is 0.222. The monoisotopic (exact) mass is 307 g/mol. The third-order valence-electron chi connectivity index (χ3n) is 3.85. The fourth-order valence-corrected chi connectivity index (χ4v) is 2.44. The van der Waals surface area contributed by atoms with Crippen molar-refractivity contribution < 1.29 is 9.59 Å². The second-order valence-electron chi connectivity index (χ2n) is 5.51. The van der Waals surface area contributed by atoms with Gasteiger partial charge in [0.25, 0.3) is 0 Å². The van der Waals surface area contributed by atoms with Gasteiger partial charge in [-0.1, -0.05) is 30.3 Å². The molecule has 0 spiro atoms. The van der Waals surface area contributed by atoms with E-state index in [-0.39, 0.29) is 28.7 Å². The number of fused-ring (bicyclic) bond motifs is 1. The van der Waals surface area contributed by atoms with Gasteiger partial charge < -0.3 is 5.32 Å². The average Bonchev–Trinajstić information content (AvgIpc) is 2.55. The first-order chi connectivity index (χ1) is 11.1. The fourth-order valence-electron chi connectivity index (χ4n) is 2.44. The van der Waals surface area contributed by atoms with Crippen LogP contribution < -0.4 is 5.32 Å². The van der Waals surface area contributed by atoms with Crippen LogP contribution in [0.15, 0.2) is 42.1 Å². The predicted molar refractivity (Wildman–Crippen MR) is 86.4 cm³/mol. The normalized spacial score (nSPS) is 13.6. The van der Waals surface area contributed by atoms with Crippen LogP contribution in [0.3, 0.4) is 0 Å². The summed E-state index contributed by atoms with van der Waals surface area (Å²) >= 11 is 0. The lowest BCUT2D eigenvalue weighted by Gasteiger charge is -2.16. The lowest BCUT2D eigenvalue weighted by atomic mass is 10.0. The average molecular weight is 307 g/mol. The van der Waals surface area contributed by atoms with Crippen LogP contribution >= 0.6 is 0 Å². The number of nitrogens with one attached hydrogen (secondary N) is 1. The van der Waals surface area contributed by atoms with Gasteiger partial charge in [0, 0.05) is 12.6 Å². The molecule has 0 saturated heterocycles. The summed E-state index contributed by atoms with van der Waals surface area (Å²) in [6, 6.07) is 9.96. The van der Waals surface area contributed by atoms with E-state index >= 15 is 0 Å². The molecule has 2 aromatic rings. The van der Waals surface area contributed by atoms with Crippen LogP contribution in [0, 0.1) is 13.8 Å². The largest absolute Gasteiger partial charge is 0.381 e. The summed E-state index contributed by atoms with van der Waals surface area (Å²) in [6.07, 6.45) is 2.09. The summed E-state index contributed by atoms with van der Waals surface area (Å²) in [5.74, 6) is -0.555. The van der Waals surface area contributed by atoms with Crippen molar-refractivity contribution in [2.24, 2.45) is 0 Å². The molecule has 0 fully saturated rings. The quantitative estimate of drug-likeness (QED) is 0.937. The number of hydrogen-bond acceptors (Lipinski definition) is 5. The van der Waals surface area contributed by atoms with Gasteiger partial charge in [-0.2, -0.15) is 0 Å². The van der Waals surface area contributed by atoms with E-state index in [1.807, 2.05) is 30.3 Å². The van der Waals surface area contributed by atoms with Gasteiger partial charge in [0.2, 0.25) is 11.6 Å². The number of benzene rings is 1. The Labute approximate surface area is 134 Å². The first kappa shape index (κ1) is 15.1. The van der Waals surface area contributed by atoms with Gasteiger partial charge in [-0.3, -0.25) is 9.59 Å². The van der Waals surface area contributed by atoms with E-state index in [9.17, 15) is 9.59 Å². The molecular formula is C18H17N3O2. The van der Waals surface area contributed by atoms with E-state index in [0.717, 1.165) is 6.42 Å². The Balaban J connectivity index is 1.76. The maximum atomic E-state index is 12.5. The Morgan fingerprint density at radius 3 is 2.30 bits per heavy atom. The Morgan fingerprint density at radius 2 is 1.61 bits per heavy atom. The van der Waals surface area contributed by atoms with Crippen molar-refractivity contribution in [3.63, 3.8) is 0 Å². The SMILES string of the molecule is Cc1nc2c(nc1C)C(=O)C(NCCc1ccccc1)=CC2=O. The summed E-state index contributed by atoms with van der Waals surface area (Å²) in [7, 11) is 0. The molecule has 0 aliphatic heterocycles. The van der Waals surface area contributed by atoms with Gasteiger partial charge in [0.15, 0.2) is 0 Å². The van der Waals surface area contributed by atoms with E-state index in [0.29, 0.717) is 17.9 Å². The molecular weight excluding hydrogens is 290 g/mol. The van der Waals surface area contributed by atoms with E-state index in [1.54, 1.807) is 13.8 Å². The number of hydrogen-bond donors (Lipinski definition) is 1. The van der Waals surface area contributed by atoms with Crippen LogP contribution in [-0.4, -0.2) is 28.1 Å². The van der Waals surface area contributed by atoms with Crippen LogP contribution in [0.1, 0.15) is 37.9 Å². The summed E-state index contributed by atoms with van der Waals surface area (Å²) < 4.78 is 0. The van der Waals surface area contributed by atoms with Crippen molar-refractivity contribution in [1.29, 1.82) is 0 Å². The minimum atomic E-state index is -0.280. The lowest BCUT2D eigenvalue weighted by molar-refractivity contribution is 0.0970. The Hall–Kier alpha value is -2.82. The number of aryl methyl sites for hydroxylation is 2. The first-order valence-corrected chi connectivity index (χ1v) is 7.50. The van der Waals surface area contributed by atoms with Crippen molar-refractivity contribution in [2.45, 2.75) is 20.3 Å². The molecule has 5 nitrogen and oxygen atoms in total. The zero-order chi connectivity index (χ0) is 16.4. The Kier molecular flexibility index (Phi) is 4.02. The zero-order valence-electron chi connectivity index (χ0n) is 13.1. The molecule has 0 saturated carbocycles. The maximum Gasteiger partial charge on any atom is 0.229 e. The van der Waals surface area contributed by atoms with Gasteiger partial charge >= 0.3 is 0 Å². The first-order valence-electron chi connectivity index (χ1n) is 7.50. The molecule has 0 atom stereocenters. The zero-order valence-corrected chi connectivity index (χ0v) is 13.1. The molecule has 0 radical (unpaired) electrons. The molecule has 1 N–H and O–H groups in total.